The van der Waals surface area contributed by atoms with Crippen molar-refractivity contribution < 1.29 is 13.0 Å². The quantitative estimate of drug-likeness (QED) is 0.692. The van der Waals surface area contributed by atoms with Gasteiger partial charge in [0, 0.05) is 0 Å². The molecule has 0 atom stereocenters. The fourth-order valence-corrected chi connectivity index (χ4v) is 1.19. The van der Waals surface area contributed by atoms with Crippen molar-refractivity contribution in [1.29, 1.82) is 0 Å². The van der Waals surface area contributed by atoms with Crippen LogP contribution < -0.4 is 5.73 Å². The van der Waals surface area contributed by atoms with E-state index < -0.39 is 10.1 Å². The molecule has 14 heavy (non-hydrogen) atoms. The molecule has 0 heterocycles. The number of rotatable bonds is 1. The third-order valence-corrected chi connectivity index (χ3v) is 2.19. The van der Waals surface area contributed by atoms with Crippen LogP contribution in [0, 0.1) is 6.92 Å². The van der Waals surface area contributed by atoms with E-state index >= 15 is 0 Å². The summed E-state index contributed by atoms with van der Waals surface area (Å²) >= 11 is 0. The monoisotopic (exact) mass is 215 g/mol. The molecule has 78 valence electrons. The Bertz CT molecular complexity index is 381. The van der Waals surface area contributed by atoms with Crippen LogP contribution in [0.5, 0.6) is 0 Å². The van der Waals surface area contributed by atoms with Gasteiger partial charge in [-0.3, -0.25) is 4.55 Å². The zero-order valence-electron chi connectivity index (χ0n) is 7.84. The predicted molar refractivity (Wildman–Crippen MR) is 55.4 cm³/mol. The molecule has 0 aliphatic rings. The molecule has 0 aliphatic heterocycles. The van der Waals surface area contributed by atoms with Gasteiger partial charge in [-0.1, -0.05) is 24.3 Å². The van der Waals surface area contributed by atoms with Crippen molar-refractivity contribution in [3.63, 3.8) is 0 Å². The Morgan fingerprint density at radius 1 is 1.36 bits per heavy atom. The molecule has 0 amide bonds. The first kappa shape index (κ1) is 12.7. The first-order valence-electron chi connectivity index (χ1n) is 3.78. The lowest BCUT2D eigenvalue weighted by molar-refractivity contribution is 0.483. The number of hydrogen-bond donors (Lipinski definition) is 2. The van der Waals surface area contributed by atoms with Crippen molar-refractivity contribution in [3.8, 4) is 0 Å². The summed E-state index contributed by atoms with van der Waals surface area (Å²) in [6.45, 7) is 4.98. The predicted octanol–water partition coefficient (Wildman–Crippen LogP) is 1.33. The smallest absolute Gasteiger partial charge is 0.294 e. The highest BCUT2D eigenvalue weighted by Crippen LogP contribution is 2.08. The largest absolute Gasteiger partial charge is 0.405 e. The van der Waals surface area contributed by atoms with Crippen LogP contribution in [0.4, 0.5) is 0 Å². The van der Waals surface area contributed by atoms with E-state index in [2.05, 4.69) is 12.3 Å². The lowest BCUT2D eigenvalue weighted by Crippen LogP contribution is -1.96. The van der Waals surface area contributed by atoms with Crippen LogP contribution in [0.2, 0.25) is 0 Å². The second kappa shape index (κ2) is 5.41. The van der Waals surface area contributed by atoms with Crippen molar-refractivity contribution in [1.82, 2.24) is 0 Å². The minimum absolute atomic E-state index is 0.0666. The second-order valence-corrected chi connectivity index (χ2v) is 3.95. The summed E-state index contributed by atoms with van der Waals surface area (Å²) < 4.78 is 29.6. The maximum absolute atomic E-state index is 10.5. The van der Waals surface area contributed by atoms with E-state index in [1.54, 1.807) is 12.1 Å². The lowest BCUT2D eigenvalue weighted by Gasteiger charge is -1.95. The van der Waals surface area contributed by atoms with Crippen LogP contribution in [0.1, 0.15) is 5.56 Å². The molecule has 0 aromatic heterocycles. The Morgan fingerprint density at radius 3 is 2.00 bits per heavy atom. The molecule has 0 saturated heterocycles. The second-order valence-electron chi connectivity index (χ2n) is 2.52. The van der Waals surface area contributed by atoms with Crippen LogP contribution in [-0.2, 0) is 10.1 Å². The molecule has 1 aromatic rings. The molecule has 0 bridgehead atoms. The van der Waals surface area contributed by atoms with E-state index in [0.717, 1.165) is 5.56 Å². The van der Waals surface area contributed by atoms with E-state index in [0.29, 0.717) is 0 Å². The summed E-state index contributed by atoms with van der Waals surface area (Å²) in [5.74, 6) is 0. The Kier molecular flexibility index (Phi) is 4.90. The Balaban J connectivity index is 0.000000500. The molecule has 4 nitrogen and oxygen atoms in total. The van der Waals surface area contributed by atoms with Crippen LogP contribution in [-0.4, -0.2) is 13.0 Å². The summed E-state index contributed by atoms with van der Waals surface area (Å²) in [5.41, 5.74) is 5.57. The van der Waals surface area contributed by atoms with E-state index in [-0.39, 0.29) is 4.90 Å². The van der Waals surface area contributed by atoms with E-state index in [1.165, 1.54) is 18.3 Å². The third-order valence-electron chi connectivity index (χ3n) is 1.32. The molecule has 1 rings (SSSR count). The van der Waals surface area contributed by atoms with Gasteiger partial charge in [0.2, 0.25) is 0 Å². The Labute approximate surface area is 83.8 Å². The number of nitrogens with two attached hydrogens (primary N) is 1. The average molecular weight is 215 g/mol. The van der Waals surface area contributed by atoms with Crippen molar-refractivity contribution >= 4 is 10.1 Å². The molecule has 0 radical (unpaired) electrons. The van der Waals surface area contributed by atoms with Crippen molar-refractivity contribution in [2.45, 2.75) is 11.8 Å². The highest BCUT2D eigenvalue weighted by Gasteiger charge is 2.06. The van der Waals surface area contributed by atoms with Crippen molar-refractivity contribution in [2.75, 3.05) is 0 Å². The fourth-order valence-electron chi connectivity index (χ4n) is 0.710. The molecule has 1 aromatic carbocycles. The van der Waals surface area contributed by atoms with Gasteiger partial charge in [0.1, 0.15) is 0 Å². The standard InChI is InChI=1S/C7H8O3S.C2H5N/c1-6-2-4-7(5-3-6)11(8,9)10;1-2-3/h2-5H,1H3,(H,8,9,10);2H,1,3H2. The van der Waals surface area contributed by atoms with Crippen LogP contribution in [0.15, 0.2) is 41.9 Å². The summed E-state index contributed by atoms with van der Waals surface area (Å²) in [6, 6.07) is 5.99. The molecule has 3 N–H and O–H groups in total. The fraction of sp³-hybridized carbons (Fsp3) is 0.111. The molecular formula is C9H13NO3S. The van der Waals surface area contributed by atoms with Crippen LogP contribution in [0.25, 0.3) is 0 Å². The SMILES string of the molecule is C=CN.Cc1ccc(S(=O)(=O)O)cc1. The number of benzene rings is 1. The molecule has 5 heteroatoms. The third kappa shape index (κ3) is 4.64. The van der Waals surface area contributed by atoms with E-state index in [9.17, 15) is 8.42 Å². The van der Waals surface area contributed by atoms with Gasteiger partial charge in [0.05, 0.1) is 4.90 Å². The number of hydrogen-bond acceptors (Lipinski definition) is 3. The molecule has 0 saturated carbocycles. The topological polar surface area (TPSA) is 80.4 Å². The minimum Gasteiger partial charge on any atom is -0.405 e. The molecule has 0 aliphatic carbocycles. The normalized spacial score (nSPS) is 9.86. The summed E-state index contributed by atoms with van der Waals surface area (Å²) in [7, 11) is -4.02. The van der Waals surface area contributed by atoms with Gasteiger partial charge < -0.3 is 5.73 Å². The van der Waals surface area contributed by atoms with E-state index in [1.807, 2.05) is 6.92 Å². The molecule has 0 fully saturated rings. The first-order valence-corrected chi connectivity index (χ1v) is 5.22. The van der Waals surface area contributed by atoms with Gasteiger partial charge in [-0.05, 0) is 25.3 Å². The maximum atomic E-state index is 10.5. The maximum Gasteiger partial charge on any atom is 0.294 e. The zero-order valence-corrected chi connectivity index (χ0v) is 8.66. The van der Waals surface area contributed by atoms with Gasteiger partial charge in [0.25, 0.3) is 10.1 Å². The Morgan fingerprint density at radius 2 is 1.71 bits per heavy atom. The molecule has 0 unspecified atom stereocenters. The summed E-state index contributed by atoms with van der Waals surface area (Å²) in [6.07, 6.45) is 1.25. The summed E-state index contributed by atoms with van der Waals surface area (Å²) in [4.78, 5) is -0.0666. The average Bonchev–Trinajstić information content (AvgIpc) is 2.04. The first-order chi connectivity index (χ1) is 6.41. The van der Waals surface area contributed by atoms with Gasteiger partial charge in [-0.15, -0.1) is 0 Å². The van der Waals surface area contributed by atoms with E-state index in [4.69, 9.17) is 4.55 Å². The minimum atomic E-state index is -4.02. The van der Waals surface area contributed by atoms with Gasteiger partial charge >= 0.3 is 0 Å². The summed E-state index contributed by atoms with van der Waals surface area (Å²) in [5, 5.41) is 0. The van der Waals surface area contributed by atoms with Crippen LogP contribution >= 0.6 is 0 Å². The number of aryl methyl sites for hydroxylation is 1. The van der Waals surface area contributed by atoms with Crippen LogP contribution in [0.3, 0.4) is 0 Å². The van der Waals surface area contributed by atoms with Crippen molar-refractivity contribution in [2.24, 2.45) is 5.73 Å². The highest BCUT2D eigenvalue weighted by molar-refractivity contribution is 7.85. The highest BCUT2D eigenvalue weighted by atomic mass is 32.2. The molecular weight excluding hydrogens is 202 g/mol. The van der Waals surface area contributed by atoms with Crippen molar-refractivity contribution in [3.05, 3.63) is 42.6 Å². The van der Waals surface area contributed by atoms with Gasteiger partial charge in [-0.2, -0.15) is 8.42 Å². The van der Waals surface area contributed by atoms with Gasteiger partial charge in [-0.25, -0.2) is 0 Å². The zero-order chi connectivity index (χ0) is 11.2. The lowest BCUT2D eigenvalue weighted by atomic mass is 10.2. The van der Waals surface area contributed by atoms with Gasteiger partial charge in [0.15, 0.2) is 0 Å². The molecule has 0 spiro atoms. The Hall–Kier alpha value is -1.33.